The standard InChI is InChI=1S/C15H16BrN3O2/c1-3-14(20)17-11-4-6-12(7-5-11)18-15(21)13-8-10(16)9-19(13)2/h4-9H,3H2,1-2H3,(H,17,20)(H,18,21). The van der Waals surface area contributed by atoms with Gasteiger partial charge in [-0.3, -0.25) is 9.59 Å². The van der Waals surface area contributed by atoms with E-state index in [2.05, 4.69) is 26.6 Å². The van der Waals surface area contributed by atoms with Crippen LogP contribution in [0.25, 0.3) is 0 Å². The van der Waals surface area contributed by atoms with E-state index in [-0.39, 0.29) is 11.8 Å². The Morgan fingerprint density at radius 1 is 1.14 bits per heavy atom. The van der Waals surface area contributed by atoms with Crippen LogP contribution in [0.3, 0.4) is 0 Å². The highest BCUT2D eigenvalue weighted by Gasteiger charge is 2.11. The lowest BCUT2D eigenvalue weighted by Gasteiger charge is -2.08. The van der Waals surface area contributed by atoms with Crippen molar-refractivity contribution in [3.8, 4) is 0 Å². The Balaban J connectivity index is 2.05. The van der Waals surface area contributed by atoms with Crippen LogP contribution in [0.5, 0.6) is 0 Å². The summed E-state index contributed by atoms with van der Waals surface area (Å²) in [5, 5.41) is 5.57. The van der Waals surface area contributed by atoms with E-state index >= 15 is 0 Å². The number of halogens is 1. The maximum atomic E-state index is 12.1. The van der Waals surface area contributed by atoms with Crippen LogP contribution in [0.15, 0.2) is 41.0 Å². The second kappa shape index (κ2) is 6.58. The summed E-state index contributed by atoms with van der Waals surface area (Å²) in [6.45, 7) is 1.79. The van der Waals surface area contributed by atoms with Crippen molar-refractivity contribution in [2.24, 2.45) is 7.05 Å². The van der Waals surface area contributed by atoms with Gasteiger partial charge in [0, 0.05) is 35.5 Å². The van der Waals surface area contributed by atoms with Crippen molar-refractivity contribution in [2.75, 3.05) is 10.6 Å². The molecule has 2 rings (SSSR count). The fourth-order valence-corrected chi connectivity index (χ4v) is 2.36. The molecule has 2 amide bonds. The van der Waals surface area contributed by atoms with Crippen molar-refractivity contribution in [1.29, 1.82) is 0 Å². The normalized spacial score (nSPS) is 10.2. The van der Waals surface area contributed by atoms with Gasteiger partial charge in [0.05, 0.1) is 0 Å². The Morgan fingerprint density at radius 3 is 2.19 bits per heavy atom. The minimum atomic E-state index is -0.187. The zero-order valence-corrected chi connectivity index (χ0v) is 13.4. The molecule has 2 aromatic rings. The molecule has 21 heavy (non-hydrogen) atoms. The maximum Gasteiger partial charge on any atom is 0.272 e. The quantitative estimate of drug-likeness (QED) is 0.888. The summed E-state index contributed by atoms with van der Waals surface area (Å²) >= 11 is 3.33. The van der Waals surface area contributed by atoms with Gasteiger partial charge in [-0.05, 0) is 46.3 Å². The summed E-state index contributed by atoms with van der Waals surface area (Å²) in [6.07, 6.45) is 2.25. The molecule has 1 aromatic heterocycles. The fourth-order valence-electron chi connectivity index (χ4n) is 1.83. The van der Waals surface area contributed by atoms with E-state index < -0.39 is 0 Å². The molecular weight excluding hydrogens is 334 g/mol. The van der Waals surface area contributed by atoms with Crippen LogP contribution in [0.2, 0.25) is 0 Å². The lowest BCUT2D eigenvalue weighted by atomic mass is 10.2. The number of benzene rings is 1. The molecule has 0 bridgehead atoms. The summed E-state index contributed by atoms with van der Waals surface area (Å²) in [6, 6.07) is 8.77. The van der Waals surface area contributed by atoms with Gasteiger partial charge < -0.3 is 15.2 Å². The van der Waals surface area contributed by atoms with Crippen LogP contribution in [0.4, 0.5) is 11.4 Å². The Morgan fingerprint density at radius 2 is 1.71 bits per heavy atom. The van der Waals surface area contributed by atoms with Gasteiger partial charge in [0.15, 0.2) is 0 Å². The summed E-state index contributed by atoms with van der Waals surface area (Å²) in [7, 11) is 1.81. The highest BCUT2D eigenvalue weighted by atomic mass is 79.9. The lowest BCUT2D eigenvalue weighted by Crippen LogP contribution is -2.15. The van der Waals surface area contributed by atoms with Crippen molar-refractivity contribution in [3.63, 3.8) is 0 Å². The first kappa shape index (κ1) is 15.3. The predicted octanol–water partition coefficient (Wildman–Crippen LogP) is 3.39. The molecule has 0 saturated carbocycles. The van der Waals surface area contributed by atoms with Gasteiger partial charge in [0.25, 0.3) is 5.91 Å². The van der Waals surface area contributed by atoms with E-state index in [1.54, 1.807) is 41.8 Å². The molecule has 0 atom stereocenters. The first-order chi connectivity index (χ1) is 9.99. The number of aryl methyl sites for hydroxylation is 1. The molecule has 1 aromatic carbocycles. The molecule has 6 heteroatoms. The topological polar surface area (TPSA) is 63.1 Å². The molecule has 0 spiro atoms. The van der Waals surface area contributed by atoms with Crippen LogP contribution in [0.1, 0.15) is 23.8 Å². The zero-order chi connectivity index (χ0) is 15.4. The Kier molecular flexibility index (Phi) is 4.80. The van der Waals surface area contributed by atoms with Gasteiger partial charge >= 0.3 is 0 Å². The molecule has 0 saturated heterocycles. The molecule has 0 fully saturated rings. The van der Waals surface area contributed by atoms with E-state index in [1.165, 1.54) is 0 Å². The van der Waals surface area contributed by atoms with Crippen molar-refractivity contribution < 1.29 is 9.59 Å². The lowest BCUT2D eigenvalue weighted by molar-refractivity contribution is -0.115. The number of nitrogens with one attached hydrogen (secondary N) is 2. The number of rotatable bonds is 4. The molecule has 110 valence electrons. The minimum Gasteiger partial charge on any atom is -0.345 e. The number of hydrogen-bond donors (Lipinski definition) is 2. The largest absolute Gasteiger partial charge is 0.345 e. The molecule has 5 nitrogen and oxygen atoms in total. The molecule has 0 radical (unpaired) electrons. The highest BCUT2D eigenvalue weighted by Crippen LogP contribution is 2.17. The second-order valence-electron chi connectivity index (χ2n) is 4.59. The summed E-state index contributed by atoms with van der Waals surface area (Å²) < 4.78 is 2.60. The van der Waals surface area contributed by atoms with Crippen molar-refractivity contribution in [2.45, 2.75) is 13.3 Å². The van der Waals surface area contributed by atoms with E-state index in [0.29, 0.717) is 23.5 Å². The fraction of sp³-hybridized carbons (Fsp3) is 0.200. The highest BCUT2D eigenvalue weighted by molar-refractivity contribution is 9.10. The van der Waals surface area contributed by atoms with Gasteiger partial charge in [0.1, 0.15) is 5.69 Å². The summed E-state index contributed by atoms with van der Waals surface area (Å²) in [5.74, 6) is -0.228. The number of carbonyl (C=O) groups excluding carboxylic acids is 2. The van der Waals surface area contributed by atoms with Crippen LogP contribution in [0, 0.1) is 0 Å². The van der Waals surface area contributed by atoms with Crippen molar-refractivity contribution >= 4 is 39.1 Å². The Labute approximate surface area is 131 Å². The average Bonchev–Trinajstić information content (AvgIpc) is 2.80. The molecule has 0 unspecified atom stereocenters. The van der Waals surface area contributed by atoms with Gasteiger partial charge in [-0.15, -0.1) is 0 Å². The van der Waals surface area contributed by atoms with Gasteiger partial charge in [-0.1, -0.05) is 6.92 Å². The third-order valence-corrected chi connectivity index (χ3v) is 3.39. The Bertz CT molecular complexity index is 662. The van der Waals surface area contributed by atoms with Crippen molar-refractivity contribution in [3.05, 3.63) is 46.7 Å². The predicted molar refractivity (Wildman–Crippen MR) is 86.4 cm³/mol. The average molecular weight is 350 g/mol. The van der Waals surface area contributed by atoms with Crippen LogP contribution in [-0.2, 0) is 11.8 Å². The zero-order valence-electron chi connectivity index (χ0n) is 11.8. The van der Waals surface area contributed by atoms with E-state index in [4.69, 9.17) is 0 Å². The van der Waals surface area contributed by atoms with E-state index in [0.717, 1.165) is 4.47 Å². The van der Waals surface area contributed by atoms with Gasteiger partial charge in [-0.2, -0.15) is 0 Å². The van der Waals surface area contributed by atoms with Crippen molar-refractivity contribution in [1.82, 2.24) is 4.57 Å². The number of aromatic nitrogens is 1. The number of anilines is 2. The van der Waals surface area contributed by atoms with Gasteiger partial charge in [-0.25, -0.2) is 0 Å². The first-order valence-electron chi connectivity index (χ1n) is 6.52. The molecular formula is C15H16BrN3O2. The molecule has 0 aliphatic rings. The monoisotopic (exact) mass is 349 g/mol. The number of amides is 2. The summed E-state index contributed by atoms with van der Waals surface area (Å²) in [5.41, 5.74) is 1.94. The molecule has 1 heterocycles. The van der Waals surface area contributed by atoms with Crippen LogP contribution in [-0.4, -0.2) is 16.4 Å². The second-order valence-corrected chi connectivity index (χ2v) is 5.50. The SMILES string of the molecule is CCC(=O)Nc1ccc(NC(=O)c2cc(Br)cn2C)cc1. The van der Waals surface area contributed by atoms with E-state index in [1.807, 2.05) is 13.2 Å². The molecule has 0 aliphatic heterocycles. The number of hydrogen-bond acceptors (Lipinski definition) is 2. The smallest absolute Gasteiger partial charge is 0.272 e. The number of nitrogens with zero attached hydrogens (tertiary/aromatic N) is 1. The number of carbonyl (C=O) groups is 2. The third kappa shape index (κ3) is 3.95. The minimum absolute atomic E-state index is 0.0413. The Hall–Kier alpha value is -2.08. The third-order valence-electron chi connectivity index (χ3n) is 2.95. The first-order valence-corrected chi connectivity index (χ1v) is 7.32. The molecule has 2 N–H and O–H groups in total. The summed E-state index contributed by atoms with van der Waals surface area (Å²) in [4.78, 5) is 23.4. The van der Waals surface area contributed by atoms with Crippen LogP contribution < -0.4 is 10.6 Å². The van der Waals surface area contributed by atoms with Crippen LogP contribution >= 0.6 is 15.9 Å². The van der Waals surface area contributed by atoms with E-state index in [9.17, 15) is 9.59 Å². The van der Waals surface area contributed by atoms with Gasteiger partial charge in [0.2, 0.25) is 5.91 Å². The molecule has 0 aliphatic carbocycles. The maximum absolute atomic E-state index is 12.1.